The minimum absolute atomic E-state index is 0.175. The van der Waals surface area contributed by atoms with Crippen molar-refractivity contribution < 1.29 is 0 Å². The van der Waals surface area contributed by atoms with Crippen LogP contribution in [0.5, 0.6) is 0 Å². The van der Waals surface area contributed by atoms with Gasteiger partial charge in [0.15, 0.2) is 0 Å². The van der Waals surface area contributed by atoms with Gasteiger partial charge < -0.3 is 10.6 Å². The van der Waals surface area contributed by atoms with Gasteiger partial charge in [0, 0.05) is 18.6 Å². The highest BCUT2D eigenvalue weighted by Gasteiger charge is 2.12. The van der Waals surface area contributed by atoms with Gasteiger partial charge in [0.1, 0.15) is 0 Å². The van der Waals surface area contributed by atoms with E-state index in [1.54, 1.807) is 0 Å². The van der Waals surface area contributed by atoms with Crippen LogP contribution in [0.4, 0.5) is 0 Å². The maximum absolute atomic E-state index is 6.24. The van der Waals surface area contributed by atoms with E-state index in [1.165, 1.54) is 18.5 Å². The Morgan fingerprint density at radius 1 is 1.05 bits per heavy atom. The van der Waals surface area contributed by atoms with Crippen molar-refractivity contribution in [3.63, 3.8) is 0 Å². The lowest BCUT2D eigenvalue weighted by molar-refractivity contribution is 0.192. The highest BCUT2D eigenvalue weighted by molar-refractivity contribution is 5.18. The van der Waals surface area contributed by atoms with Gasteiger partial charge in [-0.25, -0.2) is 0 Å². The van der Waals surface area contributed by atoms with E-state index >= 15 is 0 Å². The first-order valence-corrected chi connectivity index (χ1v) is 7.55. The molecule has 1 unspecified atom stereocenters. The Hall–Kier alpha value is -0.860. The molecule has 2 N–H and O–H groups in total. The van der Waals surface area contributed by atoms with E-state index in [1.807, 2.05) is 6.07 Å². The Labute approximate surface area is 119 Å². The highest BCUT2D eigenvalue weighted by Crippen LogP contribution is 2.16. The van der Waals surface area contributed by atoms with Crippen molar-refractivity contribution in [3.05, 3.63) is 35.9 Å². The average Bonchev–Trinajstić information content (AvgIpc) is 2.37. The SMILES string of the molecule is CC(C)CN(CCCC(N)c1ccccc1)C(C)C. The maximum atomic E-state index is 6.24. The number of hydrogen-bond donors (Lipinski definition) is 1. The first-order valence-electron chi connectivity index (χ1n) is 7.55. The first-order chi connectivity index (χ1) is 9.00. The molecule has 0 saturated carbocycles. The van der Waals surface area contributed by atoms with Crippen LogP contribution in [0.25, 0.3) is 0 Å². The zero-order valence-corrected chi connectivity index (χ0v) is 13.0. The Bertz CT molecular complexity index is 332. The third kappa shape index (κ3) is 6.22. The van der Waals surface area contributed by atoms with Crippen LogP contribution >= 0.6 is 0 Å². The average molecular weight is 262 g/mol. The van der Waals surface area contributed by atoms with E-state index in [0.29, 0.717) is 6.04 Å². The second-order valence-corrected chi connectivity index (χ2v) is 6.14. The lowest BCUT2D eigenvalue weighted by Crippen LogP contribution is -2.35. The van der Waals surface area contributed by atoms with Crippen LogP contribution in [0.1, 0.15) is 52.1 Å². The molecule has 0 spiro atoms. The topological polar surface area (TPSA) is 29.3 Å². The third-order valence-electron chi connectivity index (χ3n) is 3.52. The summed E-state index contributed by atoms with van der Waals surface area (Å²) in [6.45, 7) is 11.4. The summed E-state index contributed by atoms with van der Waals surface area (Å²) in [4.78, 5) is 2.56. The van der Waals surface area contributed by atoms with Gasteiger partial charge in [0.25, 0.3) is 0 Å². The van der Waals surface area contributed by atoms with Gasteiger partial charge in [-0.2, -0.15) is 0 Å². The van der Waals surface area contributed by atoms with E-state index in [4.69, 9.17) is 5.73 Å². The predicted molar refractivity (Wildman–Crippen MR) is 84.2 cm³/mol. The van der Waals surface area contributed by atoms with Crippen LogP contribution < -0.4 is 5.73 Å². The number of rotatable bonds is 8. The van der Waals surface area contributed by atoms with Gasteiger partial charge >= 0.3 is 0 Å². The summed E-state index contributed by atoms with van der Waals surface area (Å²) in [5, 5.41) is 0. The summed E-state index contributed by atoms with van der Waals surface area (Å²) in [5.74, 6) is 0.727. The number of hydrogen-bond acceptors (Lipinski definition) is 2. The Morgan fingerprint density at radius 3 is 2.21 bits per heavy atom. The molecule has 1 rings (SSSR count). The molecule has 0 heterocycles. The minimum atomic E-state index is 0.175. The van der Waals surface area contributed by atoms with Crippen LogP contribution in [-0.2, 0) is 0 Å². The molecule has 108 valence electrons. The van der Waals surface area contributed by atoms with Gasteiger partial charge in [0.2, 0.25) is 0 Å². The van der Waals surface area contributed by atoms with Crippen molar-refractivity contribution in [1.29, 1.82) is 0 Å². The van der Waals surface area contributed by atoms with Crippen LogP contribution in [0.3, 0.4) is 0 Å². The van der Waals surface area contributed by atoms with Gasteiger partial charge in [-0.3, -0.25) is 0 Å². The molecule has 1 aromatic rings. The monoisotopic (exact) mass is 262 g/mol. The second kappa shape index (κ2) is 8.34. The van der Waals surface area contributed by atoms with E-state index in [0.717, 1.165) is 18.9 Å². The number of nitrogens with two attached hydrogens (primary N) is 1. The van der Waals surface area contributed by atoms with Crippen molar-refractivity contribution in [2.24, 2.45) is 11.7 Å². The molecule has 0 bridgehead atoms. The van der Waals surface area contributed by atoms with Crippen molar-refractivity contribution in [1.82, 2.24) is 4.90 Å². The summed E-state index contributed by atoms with van der Waals surface area (Å²) in [5.41, 5.74) is 7.49. The zero-order chi connectivity index (χ0) is 14.3. The zero-order valence-electron chi connectivity index (χ0n) is 13.0. The van der Waals surface area contributed by atoms with Gasteiger partial charge in [-0.05, 0) is 44.7 Å². The molecule has 19 heavy (non-hydrogen) atoms. The minimum Gasteiger partial charge on any atom is -0.324 e. The van der Waals surface area contributed by atoms with E-state index in [-0.39, 0.29) is 6.04 Å². The first kappa shape index (κ1) is 16.2. The van der Waals surface area contributed by atoms with Crippen LogP contribution in [0.15, 0.2) is 30.3 Å². The fourth-order valence-corrected chi connectivity index (χ4v) is 2.41. The predicted octanol–water partition coefficient (Wildman–Crippen LogP) is 3.83. The van der Waals surface area contributed by atoms with Gasteiger partial charge in [-0.1, -0.05) is 44.2 Å². The number of nitrogens with zero attached hydrogens (tertiary/aromatic N) is 1. The van der Waals surface area contributed by atoms with E-state index in [2.05, 4.69) is 56.9 Å². The second-order valence-electron chi connectivity index (χ2n) is 6.14. The molecule has 0 aliphatic carbocycles. The smallest absolute Gasteiger partial charge is 0.0295 e. The molecular weight excluding hydrogens is 232 g/mol. The van der Waals surface area contributed by atoms with Gasteiger partial charge in [-0.15, -0.1) is 0 Å². The molecule has 0 aliphatic heterocycles. The highest BCUT2D eigenvalue weighted by atomic mass is 15.1. The van der Waals surface area contributed by atoms with Gasteiger partial charge in [0.05, 0.1) is 0 Å². The molecule has 0 fully saturated rings. The van der Waals surface area contributed by atoms with Crippen LogP contribution in [-0.4, -0.2) is 24.0 Å². The fourth-order valence-electron chi connectivity index (χ4n) is 2.41. The summed E-state index contributed by atoms with van der Waals surface area (Å²) in [7, 11) is 0. The quantitative estimate of drug-likeness (QED) is 0.771. The fraction of sp³-hybridized carbons (Fsp3) is 0.647. The van der Waals surface area contributed by atoms with Crippen molar-refractivity contribution >= 4 is 0 Å². The molecule has 0 radical (unpaired) electrons. The number of benzene rings is 1. The molecule has 1 atom stereocenters. The van der Waals surface area contributed by atoms with Crippen LogP contribution in [0, 0.1) is 5.92 Å². The maximum Gasteiger partial charge on any atom is 0.0295 e. The Balaban J connectivity index is 2.35. The lowest BCUT2D eigenvalue weighted by atomic mass is 10.0. The molecule has 2 nitrogen and oxygen atoms in total. The lowest BCUT2D eigenvalue weighted by Gasteiger charge is -2.28. The molecule has 0 saturated heterocycles. The molecule has 1 aromatic carbocycles. The van der Waals surface area contributed by atoms with Crippen molar-refractivity contribution in [2.45, 2.75) is 52.6 Å². The summed E-state index contributed by atoms with van der Waals surface area (Å²) in [6, 6.07) is 11.2. The van der Waals surface area contributed by atoms with Crippen molar-refractivity contribution in [2.75, 3.05) is 13.1 Å². The molecule has 0 aromatic heterocycles. The summed E-state index contributed by atoms with van der Waals surface area (Å²) in [6.07, 6.45) is 2.23. The normalized spacial score (nSPS) is 13.5. The van der Waals surface area contributed by atoms with Crippen molar-refractivity contribution in [3.8, 4) is 0 Å². The van der Waals surface area contributed by atoms with E-state index < -0.39 is 0 Å². The standard InChI is InChI=1S/C17H30N2/c1-14(2)13-19(15(3)4)12-8-11-17(18)16-9-6-5-7-10-16/h5-7,9-10,14-15,17H,8,11-13,18H2,1-4H3. The molecular formula is C17H30N2. The Kier molecular flexibility index (Phi) is 7.11. The third-order valence-corrected chi connectivity index (χ3v) is 3.52. The molecule has 0 aliphatic rings. The largest absolute Gasteiger partial charge is 0.324 e. The summed E-state index contributed by atoms with van der Waals surface area (Å²) < 4.78 is 0. The summed E-state index contributed by atoms with van der Waals surface area (Å²) >= 11 is 0. The molecule has 0 amide bonds. The van der Waals surface area contributed by atoms with Crippen LogP contribution in [0.2, 0.25) is 0 Å². The van der Waals surface area contributed by atoms with E-state index in [9.17, 15) is 0 Å². The molecule has 2 heteroatoms. The Morgan fingerprint density at radius 2 is 1.68 bits per heavy atom.